The number of aryl methyl sites for hydroxylation is 1. The van der Waals surface area contributed by atoms with Crippen LogP contribution in [0.15, 0.2) is 83.8 Å². The molecular formula is C33H48N3+. The Kier molecular flexibility index (Phi) is 12.3. The van der Waals surface area contributed by atoms with Gasteiger partial charge in [-0.3, -0.25) is 0 Å². The summed E-state index contributed by atoms with van der Waals surface area (Å²) in [6.45, 7) is 8.39. The highest BCUT2D eigenvalue weighted by atomic mass is 15.1. The van der Waals surface area contributed by atoms with Crippen LogP contribution in [0.3, 0.4) is 0 Å². The molecule has 1 aromatic carbocycles. The second-order valence-corrected chi connectivity index (χ2v) is 9.26. The molecule has 0 atom stereocenters. The van der Waals surface area contributed by atoms with Crippen molar-refractivity contribution in [1.82, 2.24) is 4.90 Å². The van der Waals surface area contributed by atoms with E-state index in [0.29, 0.717) is 0 Å². The second-order valence-electron chi connectivity index (χ2n) is 9.26. The van der Waals surface area contributed by atoms with Crippen molar-refractivity contribution in [2.24, 2.45) is 7.05 Å². The number of hydrogen-bond acceptors (Lipinski definition) is 2. The zero-order chi connectivity index (χ0) is 26.5. The zero-order valence-electron chi connectivity index (χ0n) is 24.0. The lowest BCUT2D eigenvalue weighted by atomic mass is 10.1. The Labute approximate surface area is 220 Å². The molecule has 3 nitrogen and oxygen atoms in total. The molecule has 0 unspecified atom stereocenters. The molecule has 0 amide bonds. The Bertz CT molecular complexity index is 1130. The quantitative estimate of drug-likeness (QED) is 0.211. The van der Waals surface area contributed by atoms with Gasteiger partial charge in [-0.15, -0.1) is 0 Å². The SMILES string of the molecule is C/C=C(\C=C\c1ccc2cc(N(C)C)ccc2[n+]1C)C/C=C(/CC)N(C)/C1=C/C/C=C\CCC1.CC. The predicted octanol–water partition coefficient (Wildman–Crippen LogP) is 8.35. The van der Waals surface area contributed by atoms with Crippen LogP contribution in [0.4, 0.5) is 5.69 Å². The van der Waals surface area contributed by atoms with Crippen LogP contribution in [0.25, 0.3) is 17.0 Å². The zero-order valence-corrected chi connectivity index (χ0v) is 24.0. The van der Waals surface area contributed by atoms with Crippen LogP contribution in [0, 0.1) is 0 Å². The molecule has 0 fully saturated rings. The van der Waals surface area contributed by atoms with Gasteiger partial charge in [-0.1, -0.05) is 57.2 Å². The molecule has 36 heavy (non-hydrogen) atoms. The first-order valence-corrected chi connectivity index (χ1v) is 13.6. The fourth-order valence-electron chi connectivity index (χ4n) is 4.49. The Hall–Kier alpha value is -3.07. The largest absolute Gasteiger partial charge is 0.378 e. The predicted molar refractivity (Wildman–Crippen MR) is 160 cm³/mol. The average molecular weight is 487 g/mol. The van der Waals surface area contributed by atoms with Crippen LogP contribution in [0.1, 0.15) is 71.9 Å². The van der Waals surface area contributed by atoms with Gasteiger partial charge in [-0.05, 0) is 69.2 Å². The van der Waals surface area contributed by atoms with E-state index in [0.717, 1.165) is 25.7 Å². The smallest absolute Gasteiger partial charge is 0.212 e. The standard InChI is InChI=1S/C31H42N3.C2H6/c1-7-25(16-19-27(8-2)33(5)28-14-12-10-9-11-13-15-28)17-20-29-21-18-26-24-30(32(3)4)22-23-31(26)34(29)6;1-2/h7,9-10,14,17-24H,8,11-13,15-16H2,1-6H3;1-2H3/q+1;/b10-9-,20-17+,25-7-,27-19-,28-14+;. The van der Waals surface area contributed by atoms with Crippen molar-refractivity contribution in [2.45, 2.75) is 66.2 Å². The van der Waals surface area contributed by atoms with Crippen molar-refractivity contribution in [3.63, 3.8) is 0 Å². The van der Waals surface area contributed by atoms with E-state index in [1.165, 1.54) is 52.1 Å². The lowest BCUT2D eigenvalue weighted by molar-refractivity contribution is -0.646. The summed E-state index contributed by atoms with van der Waals surface area (Å²) in [5, 5.41) is 1.26. The van der Waals surface area contributed by atoms with Crippen LogP contribution in [0.5, 0.6) is 0 Å². The molecule has 1 aromatic heterocycles. The number of benzene rings is 1. The molecule has 1 aliphatic rings. The summed E-state index contributed by atoms with van der Waals surface area (Å²) >= 11 is 0. The number of fused-ring (bicyclic) bond motifs is 1. The number of nitrogens with zero attached hydrogens (tertiary/aromatic N) is 3. The number of allylic oxidation sites excluding steroid dienone is 9. The maximum Gasteiger partial charge on any atom is 0.212 e. The lowest BCUT2D eigenvalue weighted by Gasteiger charge is -2.26. The topological polar surface area (TPSA) is 10.4 Å². The van der Waals surface area contributed by atoms with Crippen molar-refractivity contribution in [3.05, 3.63) is 89.4 Å². The molecule has 1 heterocycles. The van der Waals surface area contributed by atoms with Crippen LogP contribution in [0.2, 0.25) is 0 Å². The minimum atomic E-state index is 0.942. The second kappa shape index (κ2) is 15.1. The third-order valence-electron chi connectivity index (χ3n) is 6.81. The molecule has 2 aromatic rings. The molecule has 194 valence electrons. The Morgan fingerprint density at radius 2 is 1.83 bits per heavy atom. The monoisotopic (exact) mass is 486 g/mol. The lowest BCUT2D eigenvalue weighted by Crippen LogP contribution is -2.32. The van der Waals surface area contributed by atoms with E-state index in [2.05, 4.69) is 129 Å². The summed E-state index contributed by atoms with van der Waals surface area (Å²) in [6.07, 6.45) is 22.7. The first kappa shape index (κ1) is 29.2. The van der Waals surface area contributed by atoms with E-state index in [1.54, 1.807) is 0 Å². The number of anilines is 1. The summed E-state index contributed by atoms with van der Waals surface area (Å²) < 4.78 is 2.27. The van der Waals surface area contributed by atoms with E-state index < -0.39 is 0 Å². The number of aromatic nitrogens is 1. The van der Waals surface area contributed by atoms with Gasteiger partial charge < -0.3 is 9.80 Å². The third-order valence-corrected chi connectivity index (χ3v) is 6.81. The van der Waals surface area contributed by atoms with E-state index in [4.69, 9.17) is 0 Å². The Balaban J connectivity index is 0.00000222. The number of pyridine rings is 1. The molecule has 1 aliphatic carbocycles. The van der Waals surface area contributed by atoms with Gasteiger partial charge in [0, 0.05) is 61.8 Å². The van der Waals surface area contributed by atoms with Crippen molar-refractivity contribution in [1.29, 1.82) is 0 Å². The highest BCUT2D eigenvalue weighted by Gasteiger charge is 2.11. The number of hydrogen-bond donors (Lipinski definition) is 0. The molecule has 0 radical (unpaired) electrons. The van der Waals surface area contributed by atoms with Crippen molar-refractivity contribution < 1.29 is 4.57 Å². The fourth-order valence-corrected chi connectivity index (χ4v) is 4.49. The molecule has 0 bridgehead atoms. The summed E-state index contributed by atoms with van der Waals surface area (Å²) in [4.78, 5) is 4.56. The first-order chi connectivity index (χ1) is 17.4. The molecule has 3 heteroatoms. The van der Waals surface area contributed by atoms with Gasteiger partial charge in [0.05, 0.1) is 0 Å². The molecular weight excluding hydrogens is 438 g/mol. The molecule has 0 N–H and O–H groups in total. The summed E-state index contributed by atoms with van der Waals surface area (Å²) in [5.74, 6) is 0. The van der Waals surface area contributed by atoms with Gasteiger partial charge in [0.2, 0.25) is 11.2 Å². The van der Waals surface area contributed by atoms with Gasteiger partial charge >= 0.3 is 0 Å². The molecule has 0 saturated heterocycles. The molecule has 0 spiro atoms. The minimum Gasteiger partial charge on any atom is -0.378 e. The third kappa shape index (κ3) is 7.98. The Morgan fingerprint density at radius 1 is 1.06 bits per heavy atom. The molecule has 0 saturated carbocycles. The normalized spacial score (nSPS) is 17.1. The fraction of sp³-hybridized carbons (Fsp3) is 0.424. The van der Waals surface area contributed by atoms with Crippen molar-refractivity contribution in [3.8, 4) is 0 Å². The van der Waals surface area contributed by atoms with Gasteiger partial charge in [0.15, 0.2) is 0 Å². The van der Waals surface area contributed by atoms with E-state index in [-0.39, 0.29) is 0 Å². The van der Waals surface area contributed by atoms with E-state index in [9.17, 15) is 0 Å². The van der Waals surface area contributed by atoms with Gasteiger partial charge in [-0.2, -0.15) is 4.57 Å². The van der Waals surface area contributed by atoms with Crippen LogP contribution < -0.4 is 9.47 Å². The highest BCUT2D eigenvalue weighted by Crippen LogP contribution is 2.23. The Morgan fingerprint density at radius 3 is 2.53 bits per heavy atom. The molecule has 3 rings (SSSR count). The molecule has 0 aliphatic heterocycles. The van der Waals surface area contributed by atoms with E-state index >= 15 is 0 Å². The summed E-state index contributed by atoms with van der Waals surface area (Å²) in [7, 11) is 8.54. The van der Waals surface area contributed by atoms with Gasteiger partial charge in [-0.25, -0.2) is 0 Å². The maximum atomic E-state index is 2.42. The van der Waals surface area contributed by atoms with Crippen LogP contribution >= 0.6 is 0 Å². The van der Waals surface area contributed by atoms with Gasteiger partial charge in [0.1, 0.15) is 7.05 Å². The van der Waals surface area contributed by atoms with Crippen molar-refractivity contribution in [2.75, 3.05) is 26.0 Å². The van der Waals surface area contributed by atoms with Crippen LogP contribution in [-0.2, 0) is 7.05 Å². The van der Waals surface area contributed by atoms with Gasteiger partial charge in [0.25, 0.3) is 0 Å². The number of rotatable bonds is 8. The maximum absolute atomic E-state index is 2.42. The van der Waals surface area contributed by atoms with Crippen LogP contribution in [-0.4, -0.2) is 26.0 Å². The van der Waals surface area contributed by atoms with Crippen molar-refractivity contribution >= 4 is 22.7 Å². The summed E-state index contributed by atoms with van der Waals surface area (Å²) in [6, 6.07) is 11.1. The first-order valence-electron chi connectivity index (χ1n) is 13.6. The average Bonchev–Trinajstić information content (AvgIpc) is 2.87. The van der Waals surface area contributed by atoms with E-state index in [1.807, 2.05) is 13.8 Å². The summed E-state index contributed by atoms with van der Waals surface area (Å²) in [5.41, 5.74) is 7.85. The highest BCUT2D eigenvalue weighted by molar-refractivity contribution is 5.80. The minimum absolute atomic E-state index is 0.942.